The first-order valence-corrected chi connectivity index (χ1v) is 4.20. The van der Waals surface area contributed by atoms with Crippen molar-refractivity contribution in [2.75, 3.05) is 0 Å². The van der Waals surface area contributed by atoms with Gasteiger partial charge in [0.15, 0.2) is 0 Å². The molecule has 0 bridgehead atoms. The lowest BCUT2D eigenvalue weighted by atomic mass is 10.3. The highest BCUT2D eigenvalue weighted by Crippen LogP contribution is 2.25. The van der Waals surface area contributed by atoms with E-state index in [-0.39, 0.29) is 0 Å². The van der Waals surface area contributed by atoms with Crippen molar-refractivity contribution in [3.8, 4) is 12.3 Å². The number of nitrogens with zero attached hydrogens (tertiary/aromatic N) is 1. The first-order chi connectivity index (χ1) is 5.33. The van der Waals surface area contributed by atoms with Crippen molar-refractivity contribution in [3.63, 3.8) is 0 Å². The Kier molecular flexibility index (Phi) is 1.27. The molecule has 0 spiro atoms. The van der Waals surface area contributed by atoms with Crippen LogP contribution in [0.25, 0.3) is 10.2 Å². The van der Waals surface area contributed by atoms with Gasteiger partial charge in [-0.2, -0.15) is 0 Å². The topological polar surface area (TPSA) is 4.93 Å². The Morgan fingerprint density at radius 3 is 3.18 bits per heavy atom. The number of hydrogen-bond donors (Lipinski definition) is 0. The van der Waals surface area contributed by atoms with E-state index in [9.17, 15) is 0 Å². The molecule has 11 heavy (non-hydrogen) atoms. The second-order valence-corrected chi connectivity index (χ2v) is 3.35. The van der Waals surface area contributed by atoms with E-state index in [1.165, 1.54) is 10.2 Å². The maximum absolute atomic E-state index is 5.33. The van der Waals surface area contributed by atoms with E-state index in [2.05, 4.69) is 21.9 Å². The van der Waals surface area contributed by atoms with E-state index in [4.69, 9.17) is 6.42 Å². The quantitative estimate of drug-likeness (QED) is 0.522. The monoisotopic (exact) mass is 161 g/mol. The van der Waals surface area contributed by atoms with Crippen LogP contribution in [0, 0.1) is 12.3 Å². The summed E-state index contributed by atoms with van der Waals surface area (Å²) in [5.74, 6) is 2.67. The van der Waals surface area contributed by atoms with Gasteiger partial charge in [-0.1, -0.05) is 5.92 Å². The van der Waals surface area contributed by atoms with E-state index < -0.39 is 0 Å². The van der Waals surface area contributed by atoms with Gasteiger partial charge in [-0.3, -0.25) is 0 Å². The molecule has 0 aliphatic carbocycles. The fourth-order valence-corrected chi connectivity index (χ4v) is 2.11. The molecule has 0 unspecified atom stereocenters. The SMILES string of the molecule is C#Cc1cn(C)c2ccsc12. The van der Waals surface area contributed by atoms with Crippen LogP contribution < -0.4 is 0 Å². The van der Waals surface area contributed by atoms with E-state index in [1.807, 2.05) is 13.2 Å². The van der Waals surface area contributed by atoms with E-state index in [1.54, 1.807) is 11.3 Å². The molecule has 0 amide bonds. The Morgan fingerprint density at radius 1 is 1.64 bits per heavy atom. The molecule has 0 N–H and O–H groups in total. The molecule has 2 aromatic heterocycles. The molecular formula is C9H7NS. The van der Waals surface area contributed by atoms with E-state index in [0.29, 0.717) is 0 Å². The number of terminal acetylenes is 1. The van der Waals surface area contributed by atoms with Gasteiger partial charge in [-0.25, -0.2) is 0 Å². The summed E-state index contributed by atoms with van der Waals surface area (Å²) in [6, 6.07) is 2.08. The molecule has 2 aromatic rings. The van der Waals surface area contributed by atoms with Gasteiger partial charge in [0.1, 0.15) is 0 Å². The Balaban J connectivity index is 2.94. The Bertz CT molecular complexity index is 428. The average molecular weight is 161 g/mol. The van der Waals surface area contributed by atoms with Crippen LogP contribution in [0.3, 0.4) is 0 Å². The van der Waals surface area contributed by atoms with Gasteiger partial charge in [0.25, 0.3) is 0 Å². The van der Waals surface area contributed by atoms with Crippen LogP contribution in [0.4, 0.5) is 0 Å². The number of rotatable bonds is 0. The predicted molar refractivity (Wildman–Crippen MR) is 48.7 cm³/mol. The van der Waals surface area contributed by atoms with Gasteiger partial charge in [-0.05, 0) is 11.4 Å². The molecule has 0 aliphatic rings. The molecule has 0 aliphatic heterocycles. The second kappa shape index (κ2) is 2.14. The van der Waals surface area contributed by atoms with Crippen LogP contribution >= 0.6 is 11.3 Å². The Labute approximate surface area is 69.3 Å². The van der Waals surface area contributed by atoms with E-state index >= 15 is 0 Å². The van der Waals surface area contributed by atoms with Crippen molar-refractivity contribution in [1.29, 1.82) is 0 Å². The highest BCUT2D eigenvalue weighted by molar-refractivity contribution is 7.17. The lowest BCUT2D eigenvalue weighted by Crippen LogP contribution is -1.80. The number of aryl methyl sites for hydroxylation is 1. The molecule has 0 fully saturated rings. The maximum atomic E-state index is 5.33. The summed E-state index contributed by atoms with van der Waals surface area (Å²) in [6.45, 7) is 0. The highest BCUT2D eigenvalue weighted by Gasteiger charge is 2.03. The van der Waals surface area contributed by atoms with Crippen LogP contribution in [0.2, 0.25) is 0 Å². The van der Waals surface area contributed by atoms with Crippen LogP contribution in [-0.2, 0) is 7.05 Å². The van der Waals surface area contributed by atoms with Crippen molar-refractivity contribution in [3.05, 3.63) is 23.2 Å². The van der Waals surface area contributed by atoms with Gasteiger partial charge >= 0.3 is 0 Å². The number of fused-ring (bicyclic) bond motifs is 1. The predicted octanol–water partition coefficient (Wildman–Crippen LogP) is 2.22. The number of aromatic nitrogens is 1. The highest BCUT2D eigenvalue weighted by atomic mass is 32.1. The summed E-state index contributed by atoms with van der Waals surface area (Å²) in [5.41, 5.74) is 2.22. The number of hydrogen-bond acceptors (Lipinski definition) is 1. The van der Waals surface area contributed by atoms with E-state index in [0.717, 1.165) is 5.56 Å². The molecular weight excluding hydrogens is 154 g/mol. The Morgan fingerprint density at radius 2 is 2.45 bits per heavy atom. The fourth-order valence-electron chi connectivity index (χ4n) is 1.21. The summed E-state index contributed by atoms with van der Waals surface area (Å²) in [7, 11) is 2.01. The third-order valence-corrected chi connectivity index (χ3v) is 2.68. The standard InChI is InChI=1S/C9H7NS/c1-3-7-6-10(2)8-4-5-11-9(7)8/h1,4-6H,2H3. The third kappa shape index (κ3) is 0.783. The summed E-state index contributed by atoms with van der Waals surface area (Å²) >= 11 is 1.70. The Hall–Kier alpha value is -1.20. The minimum Gasteiger partial charge on any atom is -0.349 e. The van der Waals surface area contributed by atoms with Crippen LogP contribution in [0.1, 0.15) is 5.56 Å². The van der Waals surface area contributed by atoms with Gasteiger partial charge in [0.2, 0.25) is 0 Å². The third-order valence-electron chi connectivity index (χ3n) is 1.75. The molecule has 2 heteroatoms. The molecule has 2 heterocycles. The minimum atomic E-state index is 0.998. The average Bonchev–Trinajstić information content (AvgIpc) is 2.54. The molecule has 0 radical (unpaired) electrons. The first-order valence-electron chi connectivity index (χ1n) is 3.32. The summed E-state index contributed by atoms with van der Waals surface area (Å²) in [5, 5.41) is 2.06. The zero-order valence-corrected chi connectivity index (χ0v) is 6.98. The molecule has 1 nitrogen and oxygen atoms in total. The van der Waals surface area contributed by atoms with Gasteiger partial charge in [-0.15, -0.1) is 17.8 Å². The molecule has 54 valence electrons. The van der Waals surface area contributed by atoms with Crippen molar-refractivity contribution in [2.24, 2.45) is 7.05 Å². The molecule has 0 atom stereocenters. The normalized spacial score (nSPS) is 10.2. The van der Waals surface area contributed by atoms with Crippen molar-refractivity contribution >= 4 is 21.6 Å². The van der Waals surface area contributed by atoms with Gasteiger partial charge in [0.05, 0.1) is 15.8 Å². The van der Waals surface area contributed by atoms with Crippen LogP contribution in [0.15, 0.2) is 17.6 Å². The van der Waals surface area contributed by atoms with Crippen LogP contribution in [0.5, 0.6) is 0 Å². The van der Waals surface area contributed by atoms with Crippen molar-refractivity contribution in [2.45, 2.75) is 0 Å². The van der Waals surface area contributed by atoms with Gasteiger partial charge < -0.3 is 4.57 Å². The second-order valence-electron chi connectivity index (χ2n) is 2.43. The zero-order chi connectivity index (χ0) is 7.84. The lowest BCUT2D eigenvalue weighted by Gasteiger charge is -1.86. The minimum absolute atomic E-state index is 0.998. The zero-order valence-electron chi connectivity index (χ0n) is 6.16. The maximum Gasteiger partial charge on any atom is 0.0678 e. The number of thiophene rings is 1. The van der Waals surface area contributed by atoms with Crippen molar-refractivity contribution in [1.82, 2.24) is 4.57 Å². The molecule has 0 saturated carbocycles. The molecule has 0 saturated heterocycles. The summed E-state index contributed by atoms with van der Waals surface area (Å²) < 4.78 is 3.27. The molecule has 0 aromatic carbocycles. The molecule has 2 rings (SSSR count). The van der Waals surface area contributed by atoms with Gasteiger partial charge in [0, 0.05) is 13.2 Å². The smallest absolute Gasteiger partial charge is 0.0678 e. The largest absolute Gasteiger partial charge is 0.349 e. The van der Waals surface area contributed by atoms with Crippen molar-refractivity contribution < 1.29 is 0 Å². The summed E-state index contributed by atoms with van der Waals surface area (Å²) in [4.78, 5) is 0. The lowest BCUT2D eigenvalue weighted by molar-refractivity contribution is 0.968. The van der Waals surface area contributed by atoms with Crippen LogP contribution in [-0.4, -0.2) is 4.57 Å². The first kappa shape index (κ1) is 6.51. The summed E-state index contributed by atoms with van der Waals surface area (Å²) in [6.07, 6.45) is 7.32. The fraction of sp³-hybridized carbons (Fsp3) is 0.111.